The highest BCUT2D eigenvalue weighted by atomic mass is 16.5. The molecule has 1 heteroatoms. The minimum Gasteiger partial charge on any atom is -0.494 e. The highest BCUT2D eigenvalue weighted by molar-refractivity contribution is 5.40. The van der Waals surface area contributed by atoms with E-state index in [1.165, 1.54) is 49.7 Å². The smallest absolute Gasteiger partial charge is 0.119 e. The largest absolute Gasteiger partial charge is 0.494 e. The third-order valence-corrected chi connectivity index (χ3v) is 5.76. The van der Waals surface area contributed by atoms with Crippen molar-refractivity contribution in [3.63, 3.8) is 0 Å². The molecule has 0 unspecified atom stereocenters. The van der Waals surface area contributed by atoms with Gasteiger partial charge in [-0.25, -0.2) is 0 Å². The van der Waals surface area contributed by atoms with Gasteiger partial charge in [-0.3, -0.25) is 0 Å². The maximum atomic E-state index is 5.61. The lowest BCUT2D eigenvalue weighted by molar-refractivity contribution is 0.317. The lowest BCUT2D eigenvalue weighted by Crippen LogP contribution is -2.11. The van der Waals surface area contributed by atoms with Crippen LogP contribution in [-0.4, -0.2) is 6.61 Å². The molecule has 0 aliphatic heterocycles. The lowest BCUT2D eigenvalue weighted by atomic mass is 9.78. The van der Waals surface area contributed by atoms with Crippen molar-refractivity contribution in [3.8, 4) is 17.6 Å². The molecule has 1 saturated carbocycles. The minimum absolute atomic E-state index is 0.671. The first-order valence-corrected chi connectivity index (χ1v) is 11.3. The molecule has 0 spiro atoms. The van der Waals surface area contributed by atoms with Crippen LogP contribution >= 0.6 is 0 Å². The van der Waals surface area contributed by atoms with E-state index in [0.717, 1.165) is 30.3 Å². The minimum atomic E-state index is 0.671. The Bertz CT molecular complexity index is 809. The van der Waals surface area contributed by atoms with Gasteiger partial charge in [0.2, 0.25) is 0 Å². The molecule has 2 aromatic carbocycles. The maximum Gasteiger partial charge on any atom is 0.119 e. The van der Waals surface area contributed by atoms with Crippen LogP contribution in [0, 0.1) is 17.8 Å². The summed E-state index contributed by atoms with van der Waals surface area (Å²) in [5.41, 5.74) is 4.03. The van der Waals surface area contributed by atoms with Gasteiger partial charge in [0.05, 0.1) is 6.61 Å². The zero-order chi connectivity index (χ0) is 20.3. The van der Waals surface area contributed by atoms with Gasteiger partial charge in [0, 0.05) is 5.56 Å². The number of hydrogen-bond acceptors (Lipinski definition) is 1. The van der Waals surface area contributed by atoms with E-state index in [2.05, 4.69) is 56.0 Å². The van der Waals surface area contributed by atoms with Crippen LogP contribution < -0.4 is 4.74 Å². The molecular weight excluding hydrogens is 352 g/mol. The molecule has 0 aromatic heterocycles. The number of benzene rings is 2. The van der Waals surface area contributed by atoms with E-state index < -0.39 is 0 Å². The van der Waals surface area contributed by atoms with E-state index >= 15 is 0 Å². The van der Waals surface area contributed by atoms with Crippen LogP contribution in [0.1, 0.15) is 75.0 Å². The second-order valence-corrected chi connectivity index (χ2v) is 8.10. The number of ether oxygens (including phenoxy) is 1. The lowest BCUT2D eigenvalue weighted by Gasteiger charge is -2.27. The van der Waals surface area contributed by atoms with E-state index in [-0.39, 0.29) is 0 Å². The Morgan fingerprint density at radius 3 is 2.28 bits per heavy atom. The van der Waals surface area contributed by atoms with Crippen LogP contribution in [0.2, 0.25) is 0 Å². The highest BCUT2D eigenvalue weighted by Gasteiger charge is 2.20. The Hall–Kier alpha value is -2.46. The predicted molar refractivity (Wildman–Crippen MR) is 123 cm³/mol. The van der Waals surface area contributed by atoms with Crippen molar-refractivity contribution in [2.24, 2.45) is 5.92 Å². The average Bonchev–Trinajstić information content (AvgIpc) is 2.77. The van der Waals surface area contributed by atoms with Crippen LogP contribution in [0.4, 0.5) is 0 Å². The van der Waals surface area contributed by atoms with Gasteiger partial charge in [-0.15, -0.1) is 0 Å². The molecule has 1 nitrogen and oxygen atoms in total. The first-order valence-electron chi connectivity index (χ1n) is 11.3. The summed E-state index contributed by atoms with van der Waals surface area (Å²) in [4.78, 5) is 0. The van der Waals surface area contributed by atoms with Crippen molar-refractivity contribution in [2.45, 2.75) is 64.7 Å². The molecule has 0 heterocycles. The first kappa shape index (κ1) is 21.3. The molecule has 0 saturated heterocycles. The summed E-state index contributed by atoms with van der Waals surface area (Å²) in [5.74, 6) is 8.75. The van der Waals surface area contributed by atoms with E-state index in [1.54, 1.807) is 0 Å². The summed E-state index contributed by atoms with van der Waals surface area (Å²) in [7, 11) is 0. The van der Waals surface area contributed by atoms with Gasteiger partial charge < -0.3 is 4.74 Å². The van der Waals surface area contributed by atoms with Crippen LogP contribution in [0.3, 0.4) is 0 Å². The molecule has 29 heavy (non-hydrogen) atoms. The van der Waals surface area contributed by atoms with Gasteiger partial charge in [-0.1, -0.05) is 62.5 Å². The third-order valence-electron chi connectivity index (χ3n) is 5.76. The second-order valence-electron chi connectivity index (χ2n) is 8.10. The van der Waals surface area contributed by atoms with E-state index in [0.29, 0.717) is 5.92 Å². The molecule has 3 rings (SSSR count). The number of aryl methyl sites for hydroxylation is 1. The summed E-state index contributed by atoms with van der Waals surface area (Å²) in [5, 5.41) is 0. The van der Waals surface area contributed by atoms with E-state index in [4.69, 9.17) is 4.74 Å². The average molecular weight is 387 g/mol. The summed E-state index contributed by atoms with van der Waals surface area (Å²) in [6, 6.07) is 17.4. The van der Waals surface area contributed by atoms with Crippen molar-refractivity contribution in [2.75, 3.05) is 6.61 Å². The number of allylic oxidation sites excluding steroid dienone is 2. The van der Waals surface area contributed by atoms with Crippen molar-refractivity contribution >= 4 is 0 Å². The molecule has 1 fully saturated rings. The molecule has 2 aromatic rings. The Labute approximate surface area is 177 Å². The quantitative estimate of drug-likeness (QED) is 0.453. The molecule has 152 valence electrons. The normalized spacial score (nSPS) is 19.0. The van der Waals surface area contributed by atoms with Gasteiger partial charge in [0.25, 0.3) is 0 Å². The Kier molecular flexibility index (Phi) is 8.44. The Morgan fingerprint density at radius 2 is 1.62 bits per heavy atom. The molecule has 1 aliphatic carbocycles. The summed E-state index contributed by atoms with van der Waals surface area (Å²) in [6.07, 6.45) is 12.9. The zero-order valence-corrected chi connectivity index (χ0v) is 18.0. The monoisotopic (exact) mass is 386 g/mol. The van der Waals surface area contributed by atoms with Crippen LogP contribution in [-0.2, 0) is 6.42 Å². The molecule has 1 aliphatic rings. The van der Waals surface area contributed by atoms with Gasteiger partial charge in [0.1, 0.15) is 5.75 Å². The predicted octanol–water partition coefficient (Wildman–Crippen LogP) is 7.31. The zero-order valence-electron chi connectivity index (χ0n) is 18.0. The van der Waals surface area contributed by atoms with E-state index in [1.807, 2.05) is 30.3 Å². The van der Waals surface area contributed by atoms with Crippen LogP contribution in [0.25, 0.3) is 0 Å². The van der Waals surface area contributed by atoms with Crippen molar-refractivity contribution in [1.82, 2.24) is 0 Å². The Balaban J connectivity index is 1.44. The van der Waals surface area contributed by atoms with Crippen molar-refractivity contribution in [1.29, 1.82) is 0 Å². The molecule has 0 radical (unpaired) electrons. The van der Waals surface area contributed by atoms with Crippen molar-refractivity contribution in [3.05, 3.63) is 77.4 Å². The van der Waals surface area contributed by atoms with Crippen LogP contribution in [0.5, 0.6) is 5.75 Å². The standard InChI is InChI=1S/C28H34O/c1-3-7-23-10-16-26(17-11-23)27-18-12-24(13-19-27)8-5-6-9-25-14-20-28(21-15-25)29-22-4-2/h5,8,10-11,14-17,20-21,24,27H,3-4,7,12-13,18-19,22H2,1-2H3/t24-,27-. The summed E-state index contributed by atoms with van der Waals surface area (Å²) >= 11 is 0. The van der Waals surface area contributed by atoms with Crippen molar-refractivity contribution < 1.29 is 4.74 Å². The fourth-order valence-corrected chi connectivity index (χ4v) is 4.05. The van der Waals surface area contributed by atoms with Gasteiger partial charge in [0.15, 0.2) is 0 Å². The molecule has 0 atom stereocenters. The summed E-state index contributed by atoms with van der Waals surface area (Å²) < 4.78 is 5.61. The first-order chi connectivity index (χ1) is 14.3. The fourth-order valence-electron chi connectivity index (χ4n) is 4.05. The molecule has 0 amide bonds. The van der Waals surface area contributed by atoms with Gasteiger partial charge >= 0.3 is 0 Å². The highest BCUT2D eigenvalue weighted by Crippen LogP contribution is 2.36. The Morgan fingerprint density at radius 1 is 0.897 bits per heavy atom. The molecule has 0 bridgehead atoms. The number of hydrogen-bond donors (Lipinski definition) is 0. The second kappa shape index (κ2) is 11.5. The molecule has 0 N–H and O–H groups in total. The fraction of sp³-hybridized carbons (Fsp3) is 0.429. The maximum absolute atomic E-state index is 5.61. The molecular formula is C28H34O. The SMILES string of the molecule is CCCOc1ccc(C#CC=C[C@H]2CC[C@H](c3ccc(CCC)cc3)CC2)cc1. The van der Waals surface area contributed by atoms with Gasteiger partial charge in [-0.05, 0) is 91.8 Å². The third kappa shape index (κ3) is 6.82. The number of rotatable bonds is 7. The summed E-state index contributed by atoms with van der Waals surface area (Å²) in [6.45, 7) is 5.12. The topological polar surface area (TPSA) is 9.23 Å². The van der Waals surface area contributed by atoms with E-state index in [9.17, 15) is 0 Å². The van der Waals surface area contributed by atoms with Crippen LogP contribution in [0.15, 0.2) is 60.7 Å². The van der Waals surface area contributed by atoms with Gasteiger partial charge in [-0.2, -0.15) is 0 Å².